The van der Waals surface area contributed by atoms with E-state index in [0.29, 0.717) is 18.1 Å². The lowest BCUT2D eigenvalue weighted by molar-refractivity contribution is -0.384. The lowest BCUT2D eigenvalue weighted by Crippen LogP contribution is -2.12. The fourth-order valence-electron chi connectivity index (χ4n) is 2.20. The molecule has 0 saturated heterocycles. The highest BCUT2D eigenvalue weighted by molar-refractivity contribution is 5.60. The molecule has 21 heavy (non-hydrogen) atoms. The Labute approximate surface area is 121 Å². The molecule has 0 aliphatic rings. The number of benzene rings is 1. The molecule has 1 aromatic heterocycles. The van der Waals surface area contributed by atoms with Crippen molar-refractivity contribution >= 4 is 11.5 Å². The summed E-state index contributed by atoms with van der Waals surface area (Å²) < 4.78 is 14.5. The van der Waals surface area contributed by atoms with Crippen LogP contribution in [0.3, 0.4) is 0 Å². The Kier molecular flexibility index (Phi) is 4.21. The van der Waals surface area contributed by atoms with E-state index >= 15 is 0 Å². The second-order valence-electron chi connectivity index (χ2n) is 4.77. The van der Waals surface area contributed by atoms with Crippen LogP contribution >= 0.6 is 0 Å². The SMILES string of the molecule is CCn1nc(C)c([N+](=O)[O-])c1NC(C)c1ccc(F)cc1. The van der Waals surface area contributed by atoms with Gasteiger partial charge in [-0.15, -0.1) is 0 Å². The van der Waals surface area contributed by atoms with E-state index in [0.717, 1.165) is 5.56 Å². The van der Waals surface area contributed by atoms with Crippen molar-refractivity contribution < 1.29 is 9.31 Å². The van der Waals surface area contributed by atoms with Crippen LogP contribution in [-0.2, 0) is 6.54 Å². The topological polar surface area (TPSA) is 73.0 Å². The maximum absolute atomic E-state index is 12.9. The van der Waals surface area contributed by atoms with E-state index in [1.165, 1.54) is 12.1 Å². The Bertz CT molecular complexity index is 652. The van der Waals surface area contributed by atoms with Crippen molar-refractivity contribution in [2.24, 2.45) is 0 Å². The maximum Gasteiger partial charge on any atom is 0.333 e. The molecule has 6 nitrogen and oxygen atoms in total. The van der Waals surface area contributed by atoms with Crippen LogP contribution in [0.2, 0.25) is 0 Å². The highest BCUT2D eigenvalue weighted by Gasteiger charge is 2.26. The molecule has 1 heterocycles. The van der Waals surface area contributed by atoms with E-state index in [1.807, 2.05) is 13.8 Å². The summed E-state index contributed by atoms with van der Waals surface area (Å²) in [5, 5.41) is 18.5. The van der Waals surface area contributed by atoms with Gasteiger partial charge in [-0.05, 0) is 38.5 Å². The number of aryl methyl sites for hydroxylation is 2. The molecule has 2 aromatic rings. The summed E-state index contributed by atoms with van der Waals surface area (Å²) >= 11 is 0. The summed E-state index contributed by atoms with van der Waals surface area (Å²) in [7, 11) is 0. The molecule has 7 heteroatoms. The molecule has 0 bridgehead atoms. The lowest BCUT2D eigenvalue weighted by atomic mass is 10.1. The second kappa shape index (κ2) is 5.90. The zero-order valence-corrected chi connectivity index (χ0v) is 12.1. The van der Waals surface area contributed by atoms with Crippen LogP contribution in [0.4, 0.5) is 15.9 Å². The van der Waals surface area contributed by atoms with Gasteiger partial charge in [0.1, 0.15) is 11.5 Å². The third kappa shape index (κ3) is 3.01. The highest BCUT2D eigenvalue weighted by atomic mass is 19.1. The Morgan fingerprint density at radius 2 is 2.05 bits per heavy atom. The molecule has 2 rings (SSSR count). The Balaban J connectivity index is 2.34. The molecule has 1 N–H and O–H groups in total. The van der Waals surface area contributed by atoms with E-state index in [4.69, 9.17) is 0 Å². The number of nitrogens with zero attached hydrogens (tertiary/aromatic N) is 3. The number of nitro groups is 1. The molecule has 0 amide bonds. The second-order valence-corrected chi connectivity index (χ2v) is 4.77. The van der Waals surface area contributed by atoms with Gasteiger partial charge in [-0.3, -0.25) is 10.1 Å². The van der Waals surface area contributed by atoms with Crippen molar-refractivity contribution in [3.05, 3.63) is 51.5 Å². The van der Waals surface area contributed by atoms with Gasteiger partial charge in [0.15, 0.2) is 0 Å². The first kappa shape index (κ1) is 15.0. The van der Waals surface area contributed by atoms with Crippen LogP contribution in [0.5, 0.6) is 0 Å². The van der Waals surface area contributed by atoms with Crippen molar-refractivity contribution in [3.8, 4) is 0 Å². The first-order chi connectivity index (χ1) is 9.93. The van der Waals surface area contributed by atoms with Crippen LogP contribution in [0.15, 0.2) is 24.3 Å². The normalized spacial score (nSPS) is 12.2. The minimum atomic E-state index is -0.436. The molecule has 1 unspecified atom stereocenters. The number of halogens is 1. The van der Waals surface area contributed by atoms with Crippen LogP contribution < -0.4 is 5.32 Å². The Morgan fingerprint density at radius 3 is 2.57 bits per heavy atom. The van der Waals surface area contributed by atoms with Crippen molar-refractivity contribution in [3.63, 3.8) is 0 Å². The number of aromatic nitrogens is 2. The summed E-state index contributed by atoms with van der Waals surface area (Å²) in [6.45, 7) is 5.86. The number of anilines is 1. The van der Waals surface area contributed by atoms with Crippen molar-refractivity contribution in [1.29, 1.82) is 0 Å². The minimum Gasteiger partial charge on any atom is -0.358 e. The molecule has 1 aromatic carbocycles. The van der Waals surface area contributed by atoms with Crippen LogP contribution in [0.25, 0.3) is 0 Å². The Hall–Kier alpha value is -2.44. The number of nitrogens with one attached hydrogen (secondary N) is 1. The van der Waals surface area contributed by atoms with Crippen LogP contribution in [0.1, 0.15) is 31.1 Å². The van der Waals surface area contributed by atoms with Crippen molar-refractivity contribution in [2.75, 3.05) is 5.32 Å². The van der Waals surface area contributed by atoms with E-state index in [-0.39, 0.29) is 17.5 Å². The average molecular weight is 292 g/mol. The van der Waals surface area contributed by atoms with Crippen LogP contribution in [-0.4, -0.2) is 14.7 Å². The van der Waals surface area contributed by atoms with Gasteiger partial charge in [0, 0.05) is 6.54 Å². The molecular weight excluding hydrogens is 275 g/mol. The standard InChI is InChI=1S/C14H17FN4O2/c1-4-18-14(13(19(20)21)10(3)17-18)16-9(2)11-5-7-12(15)8-6-11/h5-9,16H,4H2,1-3H3. The van der Waals surface area contributed by atoms with Crippen molar-refractivity contribution in [2.45, 2.75) is 33.4 Å². The van der Waals surface area contributed by atoms with Gasteiger partial charge in [0.05, 0.1) is 11.0 Å². The number of rotatable bonds is 5. The molecule has 0 aliphatic heterocycles. The summed E-state index contributed by atoms with van der Waals surface area (Å²) in [4.78, 5) is 10.8. The van der Waals surface area contributed by atoms with E-state index in [1.54, 1.807) is 23.7 Å². The average Bonchev–Trinajstić information content (AvgIpc) is 2.75. The third-order valence-electron chi connectivity index (χ3n) is 3.30. The monoisotopic (exact) mass is 292 g/mol. The summed E-state index contributed by atoms with van der Waals surface area (Å²) in [6, 6.07) is 5.83. The highest BCUT2D eigenvalue weighted by Crippen LogP contribution is 2.31. The van der Waals surface area contributed by atoms with Gasteiger partial charge in [-0.1, -0.05) is 12.1 Å². The third-order valence-corrected chi connectivity index (χ3v) is 3.30. The van der Waals surface area contributed by atoms with Gasteiger partial charge in [0.25, 0.3) is 0 Å². The molecular formula is C14H17FN4O2. The van der Waals surface area contributed by atoms with Gasteiger partial charge in [-0.25, -0.2) is 9.07 Å². The number of hydrogen-bond donors (Lipinski definition) is 1. The first-order valence-electron chi connectivity index (χ1n) is 6.67. The molecule has 112 valence electrons. The quantitative estimate of drug-likeness (QED) is 0.677. The molecule has 0 spiro atoms. The minimum absolute atomic E-state index is 0.0224. The smallest absolute Gasteiger partial charge is 0.333 e. The Morgan fingerprint density at radius 1 is 1.43 bits per heavy atom. The lowest BCUT2D eigenvalue weighted by Gasteiger charge is -2.15. The van der Waals surface area contributed by atoms with Crippen LogP contribution in [0, 0.1) is 22.9 Å². The van der Waals surface area contributed by atoms with Gasteiger partial charge < -0.3 is 5.32 Å². The van der Waals surface area contributed by atoms with Gasteiger partial charge in [0.2, 0.25) is 5.82 Å². The van der Waals surface area contributed by atoms with E-state index < -0.39 is 4.92 Å². The van der Waals surface area contributed by atoms with Gasteiger partial charge in [-0.2, -0.15) is 5.10 Å². The largest absolute Gasteiger partial charge is 0.358 e. The summed E-state index contributed by atoms with van der Waals surface area (Å²) in [6.07, 6.45) is 0. The fourth-order valence-corrected chi connectivity index (χ4v) is 2.20. The predicted molar refractivity (Wildman–Crippen MR) is 77.7 cm³/mol. The zero-order chi connectivity index (χ0) is 15.6. The number of hydrogen-bond acceptors (Lipinski definition) is 4. The summed E-state index contributed by atoms with van der Waals surface area (Å²) in [5.74, 6) is 0.0585. The predicted octanol–water partition coefficient (Wildman–Crippen LogP) is 3.43. The van der Waals surface area contributed by atoms with Crippen molar-refractivity contribution in [1.82, 2.24) is 9.78 Å². The molecule has 0 saturated carbocycles. The summed E-state index contributed by atoms with van der Waals surface area (Å²) in [5.41, 5.74) is 1.19. The first-order valence-corrected chi connectivity index (χ1v) is 6.67. The fraction of sp³-hybridized carbons (Fsp3) is 0.357. The van der Waals surface area contributed by atoms with Gasteiger partial charge >= 0.3 is 5.69 Å². The molecule has 0 fully saturated rings. The molecule has 1 atom stereocenters. The molecule has 0 radical (unpaired) electrons. The van der Waals surface area contributed by atoms with E-state index in [9.17, 15) is 14.5 Å². The zero-order valence-electron chi connectivity index (χ0n) is 12.1. The maximum atomic E-state index is 12.9. The molecule has 0 aliphatic carbocycles. The van der Waals surface area contributed by atoms with E-state index in [2.05, 4.69) is 10.4 Å².